The van der Waals surface area contributed by atoms with Gasteiger partial charge in [-0.25, -0.2) is 0 Å². The minimum atomic E-state index is 1.05. The molecule has 1 aliphatic carbocycles. The Balaban J connectivity index is 1.67. The standard InChI is InChI=1S/C12H16P/c1-2-5-11(6-3-1)9-10-13-12-7-4-8-12/h1-3,5-6,12H,4,7-10H2. The van der Waals surface area contributed by atoms with Gasteiger partial charge >= 0.3 is 0 Å². The van der Waals surface area contributed by atoms with Crippen LogP contribution in [0.3, 0.4) is 0 Å². The van der Waals surface area contributed by atoms with E-state index < -0.39 is 0 Å². The molecule has 0 bridgehead atoms. The molecule has 13 heavy (non-hydrogen) atoms. The molecule has 1 aromatic rings. The normalized spacial score (nSPS) is 17.8. The van der Waals surface area contributed by atoms with E-state index in [1.807, 2.05) is 0 Å². The summed E-state index contributed by atoms with van der Waals surface area (Å²) in [7, 11) is 1.69. The van der Waals surface area contributed by atoms with Crippen LogP contribution in [-0.4, -0.2) is 11.8 Å². The van der Waals surface area contributed by atoms with Gasteiger partial charge in [-0.3, -0.25) is 0 Å². The summed E-state index contributed by atoms with van der Waals surface area (Å²) in [6.45, 7) is 0. The van der Waals surface area contributed by atoms with Crippen LogP contribution < -0.4 is 0 Å². The summed E-state index contributed by atoms with van der Waals surface area (Å²) >= 11 is 0. The van der Waals surface area contributed by atoms with Crippen LogP contribution in [-0.2, 0) is 6.42 Å². The monoisotopic (exact) mass is 191 g/mol. The zero-order chi connectivity index (χ0) is 8.93. The van der Waals surface area contributed by atoms with Gasteiger partial charge in [-0.2, -0.15) is 0 Å². The van der Waals surface area contributed by atoms with Crippen LogP contribution in [0.4, 0.5) is 0 Å². The first-order chi connectivity index (χ1) is 6.45. The van der Waals surface area contributed by atoms with Crippen molar-refractivity contribution >= 4 is 8.58 Å². The molecule has 2 rings (SSSR count). The average Bonchev–Trinajstić information content (AvgIpc) is 2.11. The fraction of sp³-hybridized carbons (Fsp3) is 0.500. The summed E-state index contributed by atoms with van der Waals surface area (Å²) in [5, 5.41) is 0. The zero-order valence-electron chi connectivity index (χ0n) is 7.95. The van der Waals surface area contributed by atoms with Crippen molar-refractivity contribution in [3.63, 3.8) is 0 Å². The lowest BCUT2D eigenvalue weighted by Gasteiger charge is -2.24. The number of hydrogen-bond donors (Lipinski definition) is 0. The fourth-order valence-electron chi connectivity index (χ4n) is 1.59. The van der Waals surface area contributed by atoms with Gasteiger partial charge in [0.2, 0.25) is 0 Å². The largest absolute Gasteiger partial charge is 0.0772 e. The summed E-state index contributed by atoms with van der Waals surface area (Å²) in [5.41, 5.74) is 2.54. The van der Waals surface area contributed by atoms with Gasteiger partial charge in [0.15, 0.2) is 0 Å². The summed E-state index contributed by atoms with van der Waals surface area (Å²) in [4.78, 5) is 0. The highest BCUT2D eigenvalue weighted by atomic mass is 31.1. The molecule has 1 saturated carbocycles. The maximum atomic E-state index is 2.23. The predicted octanol–water partition coefficient (Wildman–Crippen LogP) is 3.73. The summed E-state index contributed by atoms with van der Waals surface area (Å²) in [6.07, 6.45) is 7.06. The Morgan fingerprint density at radius 1 is 1.15 bits per heavy atom. The quantitative estimate of drug-likeness (QED) is 0.636. The van der Waals surface area contributed by atoms with E-state index in [4.69, 9.17) is 0 Å². The van der Waals surface area contributed by atoms with Gasteiger partial charge in [-0.15, -0.1) is 0 Å². The summed E-state index contributed by atoms with van der Waals surface area (Å²) in [5.74, 6) is 0. The lowest BCUT2D eigenvalue weighted by molar-refractivity contribution is 0.518. The number of rotatable bonds is 4. The molecule has 0 heterocycles. The molecule has 1 fully saturated rings. The van der Waals surface area contributed by atoms with E-state index in [9.17, 15) is 0 Å². The second kappa shape index (κ2) is 4.77. The Morgan fingerprint density at radius 2 is 1.92 bits per heavy atom. The molecular weight excluding hydrogens is 175 g/mol. The van der Waals surface area contributed by atoms with Crippen molar-refractivity contribution in [1.29, 1.82) is 0 Å². The molecule has 0 N–H and O–H groups in total. The molecule has 1 heteroatoms. The predicted molar refractivity (Wildman–Crippen MR) is 59.6 cm³/mol. The molecule has 0 saturated heterocycles. The highest BCUT2D eigenvalue weighted by Crippen LogP contribution is 2.36. The Kier molecular flexibility index (Phi) is 3.38. The third-order valence-corrected chi connectivity index (χ3v) is 4.22. The van der Waals surface area contributed by atoms with Crippen molar-refractivity contribution in [2.45, 2.75) is 31.3 Å². The Labute approximate surface area is 82.5 Å². The number of aryl methyl sites for hydroxylation is 1. The van der Waals surface area contributed by atoms with Crippen molar-refractivity contribution in [3.05, 3.63) is 35.9 Å². The van der Waals surface area contributed by atoms with Crippen LogP contribution >= 0.6 is 8.58 Å². The van der Waals surface area contributed by atoms with Crippen LogP contribution in [0.1, 0.15) is 24.8 Å². The van der Waals surface area contributed by atoms with Crippen molar-refractivity contribution in [2.24, 2.45) is 0 Å². The van der Waals surface area contributed by atoms with Crippen molar-refractivity contribution in [2.75, 3.05) is 6.16 Å². The van der Waals surface area contributed by atoms with Crippen LogP contribution in [0, 0.1) is 0 Å². The summed E-state index contributed by atoms with van der Waals surface area (Å²) < 4.78 is 0. The smallest absolute Gasteiger partial charge is 0.0170 e. The molecule has 1 radical (unpaired) electrons. The summed E-state index contributed by atoms with van der Waals surface area (Å²) in [6, 6.07) is 10.8. The van der Waals surface area contributed by atoms with Gasteiger partial charge in [0.1, 0.15) is 0 Å². The number of benzene rings is 1. The Hall–Kier alpha value is -0.350. The fourth-order valence-corrected chi connectivity index (χ4v) is 3.07. The maximum absolute atomic E-state index is 2.23. The Bertz CT molecular complexity index is 239. The lowest BCUT2D eigenvalue weighted by Crippen LogP contribution is -2.12. The molecule has 1 aliphatic rings. The van der Waals surface area contributed by atoms with E-state index in [0.717, 1.165) is 5.66 Å². The maximum Gasteiger partial charge on any atom is -0.0170 e. The van der Waals surface area contributed by atoms with E-state index in [1.54, 1.807) is 8.58 Å². The van der Waals surface area contributed by atoms with Crippen LogP contribution in [0.15, 0.2) is 30.3 Å². The van der Waals surface area contributed by atoms with Crippen molar-refractivity contribution in [1.82, 2.24) is 0 Å². The molecule has 0 nitrogen and oxygen atoms in total. The minimum Gasteiger partial charge on any atom is -0.0772 e. The third kappa shape index (κ3) is 2.81. The van der Waals surface area contributed by atoms with Gasteiger partial charge in [-0.05, 0) is 36.6 Å². The third-order valence-electron chi connectivity index (χ3n) is 2.71. The molecular formula is C12H16P. The Morgan fingerprint density at radius 3 is 2.54 bits per heavy atom. The van der Waals surface area contributed by atoms with E-state index >= 15 is 0 Å². The molecule has 0 spiro atoms. The topological polar surface area (TPSA) is 0 Å². The van der Waals surface area contributed by atoms with Gasteiger partial charge in [0.05, 0.1) is 0 Å². The molecule has 0 aromatic heterocycles. The van der Waals surface area contributed by atoms with Crippen molar-refractivity contribution < 1.29 is 0 Å². The lowest BCUT2D eigenvalue weighted by atomic mass is 10.00. The van der Waals surface area contributed by atoms with Gasteiger partial charge in [-0.1, -0.05) is 45.3 Å². The highest BCUT2D eigenvalue weighted by Gasteiger charge is 2.16. The first-order valence-electron chi connectivity index (χ1n) is 5.16. The molecule has 0 aliphatic heterocycles. The molecule has 0 atom stereocenters. The molecule has 0 unspecified atom stereocenters. The van der Waals surface area contributed by atoms with Gasteiger partial charge < -0.3 is 0 Å². The average molecular weight is 191 g/mol. The van der Waals surface area contributed by atoms with E-state index in [0.29, 0.717) is 0 Å². The minimum absolute atomic E-state index is 1.05. The SMILES string of the molecule is c1ccc(CC[P]C2CCC2)cc1. The molecule has 0 amide bonds. The molecule has 1 aromatic carbocycles. The van der Waals surface area contributed by atoms with Crippen LogP contribution in [0.5, 0.6) is 0 Å². The highest BCUT2D eigenvalue weighted by molar-refractivity contribution is 7.38. The second-order valence-corrected chi connectivity index (χ2v) is 5.27. The van der Waals surface area contributed by atoms with E-state index in [2.05, 4.69) is 30.3 Å². The molecule has 69 valence electrons. The van der Waals surface area contributed by atoms with Crippen molar-refractivity contribution in [3.8, 4) is 0 Å². The number of hydrogen-bond acceptors (Lipinski definition) is 0. The first-order valence-corrected chi connectivity index (χ1v) is 6.30. The van der Waals surface area contributed by atoms with Crippen LogP contribution in [0.2, 0.25) is 0 Å². The van der Waals surface area contributed by atoms with Gasteiger partial charge in [0, 0.05) is 0 Å². The second-order valence-electron chi connectivity index (χ2n) is 3.73. The first kappa shape index (κ1) is 9.21. The van der Waals surface area contributed by atoms with Gasteiger partial charge in [0.25, 0.3) is 0 Å². The van der Waals surface area contributed by atoms with E-state index in [-0.39, 0.29) is 0 Å². The van der Waals surface area contributed by atoms with E-state index in [1.165, 1.54) is 37.4 Å². The zero-order valence-corrected chi connectivity index (χ0v) is 8.84. The van der Waals surface area contributed by atoms with Crippen LogP contribution in [0.25, 0.3) is 0 Å².